The van der Waals surface area contributed by atoms with E-state index < -0.39 is 31.2 Å². The molecule has 0 aromatic heterocycles. The summed E-state index contributed by atoms with van der Waals surface area (Å²) >= 11 is 5.77. The third kappa shape index (κ3) is 15.7. The average Bonchev–Trinajstić information content (AvgIpc) is 2.73. The molecule has 208 valence electrons. The Hall–Kier alpha value is -2.22. The van der Waals surface area contributed by atoms with Gasteiger partial charge in [0.2, 0.25) is 0 Å². The summed E-state index contributed by atoms with van der Waals surface area (Å²) in [6.07, 6.45) is -4.60. The Labute approximate surface area is 213 Å². The number of aryl methyl sites for hydroxylation is 1. The molecule has 0 aliphatic heterocycles. The Morgan fingerprint density at radius 1 is 1.06 bits per heavy atom. The lowest BCUT2D eigenvalue weighted by molar-refractivity contribution is -0.137. The van der Waals surface area contributed by atoms with E-state index >= 15 is 0 Å². The zero-order valence-electron chi connectivity index (χ0n) is 17.9. The second-order valence-electron chi connectivity index (χ2n) is 6.29. The van der Waals surface area contributed by atoms with Crippen molar-refractivity contribution in [3.8, 4) is 5.75 Å². The van der Waals surface area contributed by atoms with Gasteiger partial charge in [0.1, 0.15) is 5.75 Å². The van der Waals surface area contributed by atoms with Gasteiger partial charge in [-0.15, -0.1) is 0 Å². The highest BCUT2D eigenvalue weighted by Crippen LogP contribution is 2.40. The number of phosphoric ester groups is 1. The molecule has 0 aliphatic rings. The van der Waals surface area contributed by atoms with Gasteiger partial charge >= 0.3 is 14.0 Å². The van der Waals surface area contributed by atoms with Crippen molar-refractivity contribution in [2.45, 2.75) is 28.0 Å². The fourth-order valence-electron chi connectivity index (χ4n) is 2.10. The van der Waals surface area contributed by atoms with E-state index in [-0.39, 0.29) is 49.9 Å². The van der Waals surface area contributed by atoms with Crippen LogP contribution in [0, 0.1) is 6.92 Å². The number of anilines is 1. The van der Waals surface area contributed by atoms with E-state index in [9.17, 15) is 22.5 Å². The Kier molecular flexibility index (Phi) is 19.3. The lowest BCUT2D eigenvalue weighted by Gasteiger charge is -2.14. The van der Waals surface area contributed by atoms with Crippen LogP contribution in [0.5, 0.6) is 5.75 Å². The van der Waals surface area contributed by atoms with Crippen LogP contribution in [0.1, 0.15) is 36.3 Å². The topological polar surface area (TPSA) is 188 Å². The van der Waals surface area contributed by atoms with Gasteiger partial charge in [0.25, 0.3) is 5.91 Å². The molecule has 0 radical (unpaired) electrons. The number of hydrogen-bond acceptors (Lipinski definition) is 7. The molecule has 0 fully saturated rings. The lowest BCUT2D eigenvalue weighted by Crippen LogP contribution is -2.15. The Morgan fingerprint density at radius 3 is 1.97 bits per heavy atom. The molecule has 1 amide bonds. The first-order chi connectivity index (χ1) is 15.7. The standard InChI is InChI=1S/C15H12ClF3NO5P.2C2H7NO.2CH4/c1-8-4-9(15(17,18)19)6-11(5-8)20-14(21)12-7-10(16)2-3-13(12)25-26(22,23)24;2*3-1-2-4;;/h2-7H,1H3,(H,20,21)(H2,22,23,24);2*4H,1-3H2;2*1H4. The summed E-state index contributed by atoms with van der Waals surface area (Å²) in [5, 5.41) is 17.8. The van der Waals surface area contributed by atoms with E-state index in [1.165, 1.54) is 19.1 Å². The Balaban J connectivity index is -0.000000953. The highest BCUT2D eigenvalue weighted by molar-refractivity contribution is 7.46. The quantitative estimate of drug-likeness (QED) is 0.258. The van der Waals surface area contributed by atoms with Gasteiger partial charge in [-0.1, -0.05) is 26.5 Å². The first-order valence-electron chi connectivity index (χ1n) is 9.35. The van der Waals surface area contributed by atoms with Gasteiger partial charge in [-0.05, 0) is 48.9 Å². The number of rotatable bonds is 6. The number of benzene rings is 2. The zero-order chi connectivity index (χ0) is 26.5. The van der Waals surface area contributed by atoms with Crippen LogP contribution in [0.15, 0.2) is 36.4 Å². The van der Waals surface area contributed by atoms with Crippen molar-refractivity contribution in [1.82, 2.24) is 0 Å². The van der Waals surface area contributed by atoms with Crippen LogP contribution < -0.4 is 21.3 Å². The molecule has 10 nitrogen and oxygen atoms in total. The van der Waals surface area contributed by atoms with Crippen molar-refractivity contribution < 1.29 is 47.1 Å². The number of halogens is 4. The summed E-state index contributed by atoms with van der Waals surface area (Å²) in [5.74, 6) is -1.42. The summed E-state index contributed by atoms with van der Waals surface area (Å²) in [7, 11) is -4.96. The molecule has 9 N–H and O–H groups in total. The van der Waals surface area contributed by atoms with Crippen molar-refractivity contribution in [1.29, 1.82) is 0 Å². The third-order valence-corrected chi connectivity index (χ3v) is 3.99. The summed E-state index contributed by atoms with van der Waals surface area (Å²) in [6.45, 7) is 2.37. The minimum absolute atomic E-state index is 0. The maximum Gasteiger partial charge on any atom is 0.524 e. The zero-order valence-corrected chi connectivity index (χ0v) is 19.6. The average molecular weight is 564 g/mol. The lowest BCUT2D eigenvalue weighted by atomic mass is 10.1. The van der Waals surface area contributed by atoms with E-state index in [2.05, 4.69) is 9.84 Å². The largest absolute Gasteiger partial charge is 0.524 e. The minimum Gasteiger partial charge on any atom is -0.403 e. The second kappa shape index (κ2) is 18.1. The number of hydrogen-bond donors (Lipinski definition) is 7. The minimum atomic E-state index is -4.96. The first-order valence-corrected chi connectivity index (χ1v) is 11.3. The molecule has 0 unspecified atom stereocenters. The molecule has 0 heterocycles. The maximum absolute atomic E-state index is 12.9. The highest BCUT2D eigenvalue weighted by atomic mass is 35.5. The Morgan fingerprint density at radius 2 is 1.56 bits per heavy atom. The van der Waals surface area contributed by atoms with Crippen LogP contribution in [0.4, 0.5) is 18.9 Å². The molecule has 36 heavy (non-hydrogen) atoms. The monoisotopic (exact) mass is 563 g/mol. The van der Waals surface area contributed by atoms with Crippen molar-refractivity contribution in [3.05, 3.63) is 58.1 Å². The number of aliphatic hydroxyl groups excluding tert-OH is 2. The van der Waals surface area contributed by atoms with Crippen LogP contribution in [0.25, 0.3) is 0 Å². The van der Waals surface area contributed by atoms with E-state index in [1.807, 2.05) is 0 Å². The summed E-state index contributed by atoms with van der Waals surface area (Å²) in [4.78, 5) is 30.2. The molecule has 2 aromatic rings. The number of carbonyl (C=O) groups is 1. The van der Waals surface area contributed by atoms with Gasteiger partial charge in [0.05, 0.1) is 24.3 Å². The van der Waals surface area contributed by atoms with Crippen molar-refractivity contribution in [3.63, 3.8) is 0 Å². The van der Waals surface area contributed by atoms with E-state index in [4.69, 9.17) is 43.1 Å². The van der Waals surface area contributed by atoms with E-state index in [0.717, 1.165) is 24.3 Å². The summed E-state index contributed by atoms with van der Waals surface area (Å²) in [6, 6.07) is 6.32. The molecule has 0 saturated carbocycles. The molecule has 0 saturated heterocycles. The maximum atomic E-state index is 12.9. The predicted molar refractivity (Wildman–Crippen MR) is 134 cm³/mol. The number of alkyl halides is 3. The van der Waals surface area contributed by atoms with Crippen LogP contribution in [-0.2, 0) is 10.7 Å². The van der Waals surface area contributed by atoms with Crippen molar-refractivity contribution in [2.24, 2.45) is 11.5 Å². The van der Waals surface area contributed by atoms with Gasteiger partial charge in [-0.2, -0.15) is 13.2 Å². The van der Waals surface area contributed by atoms with Crippen molar-refractivity contribution in [2.75, 3.05) is 31.6 Å². The van der Waals surface area contributed by atoms with Crippen LogP contribution in [0.2, 0.25) is 5.02 Å². The van der Waals surface area contributed by atoms with Crippen molar-refractivity contribution >= 4 is 31.0 Å². The van der Waals surface area contributed by atoms with Gasteiger partial charge in [-0.3, -0.25) is 14.6 Å². The smallest absolute Gasteiger partial charge is 0.403 e. The molecule has 2 aromatic carbocycles. The molecule has 2 rings (SSSR count). The Bertz CT molecular complexity index is 968. The van der Waals surface area contributed by atoms with Crippen LogP contribution >= 0.6 is 19.4 Å². The number of nitrogens with one attached hydrogen (secondary N) is 1. The first kappa shape index (κ1) is 38.3. The highest BCUT2D eigenvalue weighted by Gasteiger charge is 2.31. The second-order valence-corrected chi connectivity index (χ2v) is 7.89. The SMILES string of the molecule is C.C.Cc1cc(NC(=O)c2cc(Cl)ccc2OP(=O)(O)O)cc(C(F)(F)F)c1.NCCO.NCCO. The van der Waals surface area contributed by atoms with Crippen LogP contribution in [-0.4, -0.2) is 52.2 Å². The fraction of sp³-hybridized carbons (Fsp3) is 0.381. The van der Waals surface area contributed by atoms with Gasteiger partial charge in [0.15, 0.2) is 0 Å². The molecule has 0 atom stereocenters. The van der Waals surface area contributed by atoms with Gasteiger partial charge < -0.3 is 31.5 Å². The number of amides is 1. The fourth-order valence-corrected chi connectivity index (χ4v) is 2.69. The van der Waals surface area contributed by atoms with E-state index in [1.54, 1.807) is 0 Å². The van der Waals surface area contributed by atoms with Gasteiger partial charge in [0, 0.05) is 23.8 Å². The van der Waals surface area contributed by atoms with Gasteiger partial charge in [-0.25, -0.2) is 4.57 Å². The molecular weight excluding hydrogens is 530 g/mol. The number of carbonyl (C=O) groups excluding carboxylic acids is 1. The predicted octanol–water partition coefficient (Wildman–Crippen LogP) is 3.54. The summed E-state index contributed by atoms with van der Waals surface area (Å²) < 4.78 is 54.0. The molecule has 0 aliphatic carbocycles. The normalized spacial score (nSPS) is 10.3. The number of aliphatic hydroxyl groups is 2. The molecule has 15 heteroatoms. The molecular formula is C21H34ClF3N3O7P. The number of phosphoric acid groups is 1. The van der Waals surface area contributed by atoms with Crippen LogP contribution in [0.3, 0.4) is 0 Å². The molecule has 0 spiro atoms. The number of nitrogens with two attached hydrogens (primary N) is 2. The van der Waals surface area contributed by atoms with E-state index in [0.29, 0.717) is 13.1 Å². The molecule has 0 bridgehead atoms. The summed E-state index contributed by atoms with van der Waals surface area (Å²) in [5.41, 5.74) is 8.36. The third-order valence-electron chi connectivity index (χ3n) is 3.32.